The van der Waals surface area contributed by atoms with Gasteiger partial charge in [0.05, 0.1) is 17.1 Å². The number of amides is 2. The Labute approximate surface area is 185 Å². The molecule has 4 rings (SSSR count). The van der Waals surface area contributed by atoms with Crippen molar-refractivity contribution in [3.8, 4) is 0 Å². The first-order valence-electron chi connectivity index (χ1n) is 10.0. The summed E-state index contributed by atoms with van der Waals surface area (Å²) in [4.78, 5) is 54.7. The Morgan fingerprint density at radius 1 is 1.00 bits per heavy atom. The lowest BCUT2D eigenvalue weighted by atomic mass is 10.1. The highest BCUT2D eigenvalue weighted by Gasteiger charge is 2.17. The highest BCUT2D eigenvalue weighted by atomic mass is 32.1. The molecule has 11 heteroatoms. The minimum Gasteiger partial charge on any atom is -0.298 e. The minimum atomic E-state index is -0.641. The Morgan fingerprint density at radius 3 is 2.56 bits per heavy atom. The summed E-state index contributed by atoms with van der Waals surface area (Å²) in [5.74, 6) is -1.13. The molecule has 0 fully saturated rings. The maximum Gasteiger partial charge on any atom is 0.290 e. The summed E-state index contributed by atoms with van der Waals surface area (Å²) >= 11 is 1.37. The fraction of sp³-hybridized carbons (Fsp3) is 0.238. The largest absolute Gasteiger partial charge is 0.298 e. The van der Waals surface area contributed by atoms with Crippen LogP contribution in [-0.4, -0.2) is 31.1 Å². The molecule has 10 nitrogen and oxygen atoms in total. The first-order chi connectivity index (χ1) is 15.5. The van der Waals surface area contributed by atoms with Gasteiger partial charge in [0.15, 0.2) is 5.69 Å². The van der Waals surface area contributed by atoms with Crippen LogP contribution in [0.15, 0.2) is 51.6 Å². The summed E-state index contributed by atoms with van der Waals surface area (Å²) in [6, 6.07) is 8.39. The summed E-state index contributed by atoms with van der Waals surface area (Å²) < 4.78 is 2.60. The van der Waals surface area contributed by atoms with E-state index in [0.717, 1.165) is 0 Å². The Bertz CT molecular complexity index is 1440. The van der Waals surface area contributed by atoms with Gasteiger partial charge in [-0.15, -0.1) is 11.3 Å². The van der Waals surface area contributed by atoms with Gasteiger partial charge in [-0.3, -0.25) is 34.6 Å². The summed E-state index contributed by atoms with van der Waals surface area (Å²) in [7, 11) is 0. The topological polar surface area (TPSA) is 128 Å². The maximum absolute atomic E-state index is 12.7. The molecule has 164 valence electrons. The van der Waals surface area contributed by atoms with Crippen LogP contribution < -0.4 is 22.0 Å². The fourth-order valence-electron chi connectivity index (χ4n) is 3.29. The van der Waals surface area contributed by atoms with E-state index in [9.17, 15) is 19.2 Å². The molecule has 0 bridgehead atoms. The molecule has 0 aliphatic rings. The molecule has 2 amide bonds. The smallest absolute Gasteiger partial charge is 0.290 e. The average Bonchev–Trinajstić information content (AvgIpc) is 3.29. The Kier molecular flexibility index (Phi) is 6.08. The van der Waals surface area contributed by atoms with Crippen molar-refractivity contribution in [1.82, 2.24) is 30.2 Å². The van der Waals surface area contributed by atoms with Gasteiger partial charge < -0.3 is 0 Å². The molecule has 0 aliphatic heterocycles. The Hall–Kier alpha value is -3.86. The van der Waals surface area contributed by atoms with Gasteiger partial charge in [0.25, 0.3) is 17.0 Å². The van der Waals surface area contributed by atoms with Gasteiger partial charge in [0.2, 0.25) is 5.91 Å². The van der Waals surface area contributed by atoms with Crippen LogP contribution >= 0.6 is 11.3 Å². The molecule has 3 heterocycles. The normalized spacial score (nSPS) is 11.0. The molecule has 2 N–H and O–H groups in total. The number of hydrogen-bond acceptors (Lipinski definition) is 7. The lowest BCUT2D eigenvalue weighted by molar-refractivity contribution is -0.122. The zero-order chi connectivity index (χ0) is 22.7. The van der Waals surface area contributed by atoms with E-state index in [1.807, 2.05) is 6.92 Å². The van der Waals surface area contributed by atoms with Gasteiger partial charge in [-0.1, -0.05) is 25.1 Å². The highest BCUT2D eigenvalue weighted by molar-refractivity contribution is 7.16. The molecule has 0 atom stereocenters. The number of carbonyl (C=O) groups is 2. The molecule has 0 radical (unpaired) electrons. The molecule has 1 aromatic carbocycles. The van der Waals surface area contributed by atoms with Crippen molar-refractivity contribution in [1.29, 1.82) is 0 Å². The molecule has 0 unspecified atom stereocenters. The number of nitrogens with one attached hydrogen (secondary N) is 2. The lowest BCUT2D eigenvalue weighted by Crippen LogP contribution is -2.43. The molecule has 3 aromatic heterocycles. The highest BCUT2D eigenvalue weighted by Crippen LogP contribution is 2.14. The van der Waals surface area contributed by atoms with Crippen LogP contribution in [0.1, 0.15) is 30.3 Å². The van der Waals surface area contributed by atoms with Crippen molar-refractivity contribution in [2.24, 2.45) is 0 Å². The number of carbonyl (C=O) groups excluding carboxylic acids is 2. The number of hydrazine groups is 1. The quantitative estimate of drug-likeness (QED) is 0.426. The van der Waals surface area contributed by atoms with Gasteiger partial charge in [0, 0.05) is 24.9 Å². The third kappa shape index (κ3) is 4.14. The van der Waals surface area contributed by atoms with Crippen molar-refractivity contribution in [2.45, 2.75) is 32.9 Å². The van der Waals surface area contributed by atoms with Crippen molar-refractivity contribution < 1.29 is 9.59 Å². The number of nitrogens with zero attached hydrogens (tertiary/aromatic N) is 4. The van der Waals surface area contributed by atoms with Crippen molar-refractivity contribution in [3.05, 3.63) is 68.4 Å². The van der Waals surface area contributed by atoms with Gasteiger partial charge in [0.1, 0.15) is 4.83 Å². The number of thiophene rings is 1. The number of benzene rings is 1. The second kappa shape index (κ2) is 9.10. The summed E-state index contributed by atoms with van der Waals surface area (Å²) in [6.07, 6.45) is 2.04. The van der Waals surface area contributed by atoms with Crippen LogP contribution in [0.3, 0.4) is 0 Å². The summed E-state index contributed by atoms with van der Waals surface area (Å²) in [5, 5.41) is 7.25. The molecular weight excluding hydrogens is 432 g/mol. The third-order valence-electron chi connectivity index (χ3n) is 4.86. The van der Waals surface area contributed by atoms with E-state index in [4.69, 9.17) is 0 Å². The monoisotopic (exact) mass is 452 g/mol. The van der Waals surface area contributed by atoms with Crippen molar-refractivity contribution >= 4 is 44.1 Å². The van der Waals surface area contributed by atoms with E-state index in [-0.39, 0.29) is 29.8 Å². The minimum absolute atomic E-state index is 0.0391. The lowest BCUT2D eigenvalue weighted by Gasteiger charge is -2.11. The fourth-order valence-corrected chi connectivity index (χ4v) is 4.01. The molecule has 0 aliphatic carbocycles. The maximum atomic E-state index is 12.7. The van der Waals surface area contributed by atoms with Gasteiger partial charge in [-0.25, -0.2) is 9.67 Å². The molecule has 0 saturated carbocycles. The van der Waals surface area contributed by atoms with E-state index in [1.165, 1.54) is 26.9 Å². The zero-order valence-corrected chi connectivity index (χ0v) is 18.0. The van der Waals surface area contributed by atoms with Gasteiger partial charge >= 0.3 is 0 Å². The number of aromatic nitrogens is 4. The standard InChI is InChI=1S/C21H20N6O4S/c1-2-9-27-21(31)14-6-4-3-5-13(14)17(25-27)18(29)24-23-16(28)7-10-26-12-22-19-15(20(26)30)8-11-32-19/h3-6,8,11-12H,2,7,9-10H2,1H3,(H,23,28)(H,24,29). The summed E-state index contributed by atoms with van der Waals surface area (Å²) in [6.45, 7) is 2.38. The number of fused-ring (bicyclic) bond motifs is 2. The van der Waals surface area contributed by atoms with Gasteiger partial charge in [-0.05, 0) is 23.9 Å². The number of rotatable bonds is 6. The average molecular weight is 452 g/mol. The predicted octanol–water partition coefficient (Wildman–Crippen LogP) is 1.43. The third-order valence-corrected chi connectivity index (χ3v) is 5.68. The molecule has 0 saturated heterocycles. The van der Waals surface area contributed by atoms with E-state index in [2.05, 4.69) is 20.9 Å². The van der Waals surface area contributed by atoms with Crippen molar-refractivity contribution in [3.63, 3.8) is 0 Å². The predicted molar refractivity (Wildman–Crippen MR) is 120 cm³/mol. The van der Waals surface area contributed by atoms with E-state index < -0.39 is 11.8 Å². The van der Waals surface area contributed by atoms with E-state index in [1.54, 1.807) is 35.7 Å². The molecular formula is C21H20N6O4S. The SMILES string of the molecule is CCCn1nc(C(=O)NNC(=O)CCn2cnc3sccc3c2=O)c2ccccc2c1=O. The van der Waals surface area contributed by atoms with Crippen LogP contribution in [0.4, 0.5) is 0 Å². The molecule has 32 heavy (non-hydrogen) atoms. The van der Waals surface area contributed by atoms with E-state index >= 15 is 0 Å². The van der Waals surface area contributed by atoms with Crippen LogP contribution in [0.2, 0.25) is 0 Å². The zero-order valence-electron chi connectivity index (χ0n) is 17.2. The van der Waals surface area contributed by atoms with Crippen LogP contribution in [0, 0.1) is 0 Å². The second-order valence-electron chi connectivity index (χ2n) is 7.06. The van der Waals surface area contributed by atoms with Crippen molar-refractivity contribution in [2.75, 3.05) is 0 Å². The summed E-state index contributed by atoms with van der Waals surface area (Å²) in [5.41, 5.74) is 4.22. The molecule has 4 aromatic rings. The Morgan fingerprint density at radius 2 is 1.78 bits per heavy atom. The number of aryl methyl sites for hydroxylation is 2. The van der Waals surface area contributed by atoms with Gasteiger partial charge in [-0.2, -0.15) is 5.10 Å². The number of hydrogen-bond donors (Lipinski definition) is 2. The first kappa shape index (κ1) is 21.4. The molecule has 0 spiro atoms. The first-order valence-corrected chi connectivity index (χ1v) is 10.9. The van der Waals surface area contributed by atoms with Crippen LogP contribution in [-0.2, 0) is 17.9 Å². The van der Waals surface area contributed by atoms with E-state index in [0.29, 0.717) is 34.0 Å². The van der Waals surface area contributed by atoms with Crippen LogP contribution in [0.25, 0.3) is 21.0 Å². The second-order valence-corrected chi connectivity index (χ2v) is 7.95. The van der Waals surface area contributed by atoms with Crippen LogP contribution in [0.5, 0.6) is 0 Å². The Balaban J connectivity index is 1.45.